The number of alkyl halides is 3. The molecule has 2 aliphatic heterocycles. The predicted octanol–water partition coefficient (Wildman–Crippen LogP) is 2.66. The fourth-order valence-corrected chi connectivity index (χ4v) is 6.01. The van der Waals surface area contributed by atoms with Crippen LogP contribution >= 0.6 is 11.6 Å². The third-order valence-electron chi connectivity index (χ3n) is 8.19. The zero-order valence-corrected chi connectivity index (χ0v) is 26.5. The summed E-state index contributed by atoms with van der Waals surface area (Å²) in [7, 11) is 0. The van der Waals surface area contributed by atoms with E-state index in [4.69, 9.17) is 16.3 Å². The number of aromatic nitrogens is 5. The molecule has 0 radical (unpaired) electrons. The Morgan fingerprint density at radius 1 is 1.06 bits per heavy atom. The fourth-order valence-electron chi connectivity index (χ4n) is 5.79. The number of anilines is 3. The van der Waals surface area contributed by atoms with Crippen LogP contribution in [0.5, 0.6) is 5.75 Å². The monoisotopic (exact) mass is 689 g/mol. The van der Waals surface area contributed by atoms with Crippen molar-refractivity contribution in [3.8, 4) is 5.75 Å². The second-order valence-corrected chi connectivity index (χ2v) is 11.6. The van der Waals surface area contributed by atoms with Crippen LogP contribution in [0.15, 0.2) is 41.3 Å². The summed E-state index contributed by atoms with van der Waals surface area (Å²) in [6, 6.07) is 5.53. The second-order valence-electron chi connectivity index (χ2n) is 11.2. The third kappa shape index (κ3) is 6.47. The zero-order valence-electron chi connectivity index (χ0n) is 25.7. The van der Waals surface area contributed by atoms with Crippen molar-refractivity contribution in [2.24, 2.45) is 0 Å². The number of hydrogen-bond acceptors (Lipinski definition) is 10. The lowest BCUT2D eigenvalue weighted by molar-refractivity contribution is -0.137. The van der Waals surface area contributed by atoms with E-state index in [0.717, 1.165) is 22.7 Å². The van der Waals surface area contributed by atoms with Gasteiger partial charge in [0.1, 0.15) is 18.0 Å². The van der Waals surface area contributed by atoms with Crippen LogP contribution in [0.4, 0.5) is 30.5 Å². The molecule has 2 N–H and O–H groups in total. The van der Waals surface area contributed by atoms with Crippen LogP contribution in [-0.4, -0.2) is 98.5 Å². The van der Waals surface area contributed by atoms with Gasteiger partial charge in [-0.15, -0.1) is 5.10 Å². The highest BCUT2D eigenvalue weighted by molar-refractivity contribution is 6.33. The number of hydrogen-bond donors (Lipinski definition) is 2. The Labute approximate surface area is 276 Å². The van der Waals surface area contributed by atoms with E-state index in [1.54, 1.807) is 4.57 Å². The Hall–Kier alpha value is -4.90. The lowest BCUT2D eigenvalue weighted by Gasteiger charge is -2.36. The molecule has 2 amide bonds. The van der Waals surface area contributed by atoms with Crippen LogP contribution in [0.3, 0.4) is 0 Å². The van der Waals surface area contributed by atoms with Crippen molar-refractivity contribution >= 4 is 46.5 Å². The van der Waals surface area contributed by atoms with Gasteiger partial charge in [-0.3, -0.25) is 14.4 Å². The van der Waals surface area contributed by atoms with Gasteiger partial charge in [-0.05, 0) is 36.8 Å². The molecule has 254 valence electrons. The number of nitrogens with zero attached hydrogens (tertiary/aromatic N) is 8. The standard InChI is InChI=1S/C30H31ClF3N9O5/c1-2-21-25(39-8-10-40(11-9-39)26(46)24-22(44)4-3-7-35-24)27(47)43-29(37-28(38-43)41-12-14-48-15-13-41)42(21)17-23(45)36-20-6-5-18(16-19(20)31)30(32,33)34/h3-7,16,44H,2,8-15,17H2,1H3,(H,36,45). The number of morpholine rings is 1. The van der Waals surface area contributed by atoms with E-state index in [9.17, 15) is 32.7 Å². The Morgan fingerprint density at radius 3 is 2.44 bits per heavy atom. The summed E-state index contributed by atoms with van der Waals surface area (Å²) in [4.78, 5) is 54.5. The van der Waals surface area contributed by atoms with Crippen molar-refractivity contribution in [2.75, 3.05) is 67.6 Å². The van der Waals surface area contributed by atoms with Crippen LogP contribution in [0.2, 0.25) is 5.02 Å². The largest absolute Gasteiger partial charge is 0.505 e. The summed E-state index contributed by atoms with van der Waals surface area (Å²) in [5.74, 6) is -0.911. The highest BCUT2D eigenvalue weighted by Crippen LogP contribution is 2.34. The van der Waals surface area contributed by atoms with Crippen molar-refractivity contribution in [2.45, 2.75) is 26.1 Å². The molecule has 2 fully saturated rings. The minimum absolute atomic E-state index is 0.0137. The molecule has 3 aromatic heterocycles. The number of carbonyl (C=O) groups excluding carboxylic acids is 2. The molecule has 18 heteroatoms. The Balaban J connectivity index is 1.34. The number of fused-ring (bicyclic) bond motifs is 1. The molecule has 0 saturated carbocycles. The molecule has 5 heterocycles. The van der Waals surface area contributed by atoms with E-state index in [-0.39, 0.29) is 72.3 Å². The molecular weight excluding hydrogens is 659 g/mol. The maximum absolute atomic E-state index is 14.1. The maximum Gasteiger partial charge on any atom is 0.416 e. The van der Waals surface area contributed by atoms with Crippen molar-refractivity contribution in [1.82, 2.24) is 29.0 Å². The van der Waals surface area contributed by atoms with E-state index in [1.165, 1.54) is 23.2 Å². The van der Waals surface area contributed by atoms with Gasteiger partial charge in [-0.25, -0.2) is 4.98 Å². The van der Waals surface area contributed by atoms with E-state index < -0.39 is 29.1 Å². The number of ether oxygens (including phenoxy) is 1. The normalized spacial score (nSPS) is 15.6. The zero-order chi connectivity index (χ0) is 34.2. The molecule has 0 bridgehead atoms. The van der Waals surface area contributed by atoms with Gasteiger partial charge in [0, 0.05) is 45.5 Å². The molecule has 2 aliphatic rings. The van der Waals surface area contributed by atoms with Crippen molar-refractivity contribution < 1.29 is 32.6 Å². The first-order valence-electron chi connectivity index (χ1n) is 15.2. The van der Waals surface area contributed by atoms with Crippen molar-refractivity contribution in [1.29, 1.82) is 0 Å². The Bertz CT molecular complexity index is 1920. The van der Waals surface area contributed by atoms with Crippen LogP contribution in [0.25, 0.3) is 5.78 Å². The molecule has 0 spiro atoms. The molecule has 4 aromatic rings. The van der Waals surface area contributed by atoms with Gasteiger partial charge in [0.25, 0.3) is 11.5 Å². The molecule has 0 unspecified atom stereocenters. The number of halogens is 4. The summed E-state index contributed by atoms with van der Waals surface area (Å²) in [5.41, 5.74) is -0.746. The smallest absolute Gasteiger partial charge is 0.416 e. The highest BCUT2D eigenvalue weighted by atomic mass is 35.5. The highest BCUT2D eigenvalue weighted by Gasteiger charge is 2.32. The summed E-state index contributed by atoms with van der Waals surface area (Å²) < 4.78 is 47.6. The van der Waals surface area contributed by atoms with Crippen LogP contribution in [0, 0.1) is 0 Å². The number of piperazine rings is 1. The molecule has 0 atom stereocenters. The minimum atomic E-state index is -4.61. The van der Waals surface area contributed by atoms with Crippen molar-refractivity contribution in [3.63, 3.8) is 0 Å². The van der Waals surface area contributed by atoms with Gasteiger partial charge in [-0.2, -0.15) is 22.7 Å². The number of amides is 2. The van der Waals surface area contributed by atoms with Crippen LogP contribution in [0.1, 0.15) is 28.7 Å². The first-order valence-corrected chi connectivity index (χ1v) is 15.5. The quantitative estimate of drug-likeness (QED) is 0.297. The van der Waals surface area contributed by atoms with E-state index >= 15 is 0 Å². The molecular formula is C30H31ClF3N9O5. The van der Waals surface area contributed by atoms with Gasteiger partial charge in [0.15, 0.2) is 5.69 Å². The molecule has 0 aliphatic carbocycles. The molecule has 6 rings (SSSR count). The molecule has 14 nitrogen and oxygen atoms in total. The Kier molecular flexibility index (Phi) is 9.15. The summed E-state index contributed by atoms with van der Waals surface area (Å²) in [6.45, 7) is 4.28. The van der Waals surface area contributed by atoms with E-state index in [1.807, 2.05) is 16.7 Å². The molecule has 48 heavy (non-hydrogen) atoms. The molecule has 1 aromatic carbocycles. The lowest BCUT2D eigenvalue weighted by atomic mass is 10.2. The lowest BCUT2D eigenvalue weighted by Crippen LogP contribution is -2.51. The number of nitrogens with one attached hydrogen (secondary N) is 1. The topological polar surface area (TPSA) is 150 Å². The summed E-state index contributed by atoms with van der Waals surface area (Å²) in [5, 5.41) is 16.9. The predicted molar refractivity (Wildman–Crippen MR) is 169 cm³/mol. The van der Waals surface area contributed by atoms with E-state index in [2.05, 4.69) is 20.4 Å². The SMILES string of the molecule is CCc1c(N2CCN(C(=O)c3ncccc3O)CC2)c(=O)n2nc(N3CCOCC3)nc2n1CC(=O)Nc1ccc(C(F)(F)F)cc1Cl. The van der Waals surface area contributed by atoms with Crippen molar-refractivity contribution in [3.05, 3.63) is 68.9 Å². The van der Waals surface area contributed by atoms with Gasteiger partial charge >= 0.3 is 6.18 Å². The number of aromatic hydroxyl groups is 1. The van der Waals surface area contributed by atoms with Crippen LogP contribution < -0.4 is 20.7 Å². The summed E-state index contributed by atoms with van der Waals surface area (Å²) >= 11 is 6.10. The first kappa shape index (κ1) is 33.0. The number of carbonyl (C=O) groups is 2. The number of pyridine rings is 1. The maximum atomic E-state index is 14.1. The van der Waals surface area contributed by atoms with E-state index in [0.29, 0.717) is 38.4 Å². The average Bonchev–Trinajstić information content (AvgIpc) is 3.53. The summed E-state index contributed by atoms with van der Waals surface area (Å²) in [6.07, 6.45) is -2.89. The molecule has 2 saturated heterocycles. The number of benzene rings is 1. The Morgan fingerprint density at radius 2 is 1.79 bits per heavy atom. The minimum Gasteiger partial charge on any atom is -0.505 e. The fraction of sp³-hybridized carbons (Fsp3) is 0.400. The van der Waals surface area contributed by atoms with Gasteiger partial charge in [0.2, 0.25) is 17.6 Å². The third-order valence-corrected chi connectivity index (χ3v) is 8.50. The van der Waals surface area contributed by atoms with Gasteiger partial charge in [0.05, 0.1) is 35.2 Å². The van der Waals surface area contributed by atoms with Crippen LogP contribution in [-0.2, 0) is 28.7 Å². The average molecular weight is 690 g/mol. The second kappa shape index (κ2) is 13.3. The number of rotatable bonds is 7. The first-order chi connectivity index (χ1) is 23.0. The van der Waals surface area contributed by atoms with Gasteiger partial charge < -0.3 is 34.4 Å². The van der Waals surface area contributed by atoms with Gasteiger partial charge in [-0.1, -0.05) is 18.5 Å².